The van der Waals surface area contributed by atoms with Crippen LogP contribution in [0, 0.1) is 0 Å². The molecule has 1 fully saturated rings. The topological polar surface area (TPSA) is 26.3 Å². The summed E-state index contributed by atoms with van der Waals surface area (Å²) in [5, 5.41) is 0. The van der Waals surface area contributed by atoms with E-state index in [-0.39, 0.29) is 24.0 Å². The van der Waals surface area contributed by atoms with Crippen molar-refractivity contribution in [3.05, 3.63) is 29.3 Å². The van der Waals surface area contributed by atoms with E-state index in [2.05, 4.69) is 0 Å². The van der Waals surface area contributed by atoms with Crippen LogP contribution < -0.4 is 4.74 Å². The molecule has 1 aromatic rings. The van der Waals surface area contributed by atoms with Crippen LogP contribution in [0.5, 0.6) is 5.75 Å². The number of hydrogen-bond donors (Lipinski definition) is 0. The van der Waals surface area contributed by atoms with Crippen LogP contribution in [0.4, 0.5) is 13.2 Å². The van der Waals surface area contributed by atoms with Crippen molar-refractivity contribution < 1.29 is 22.7 Å². The van der Waals surface area contributed by atoms with E-state index in [1.807, 2.05) is 0 Å². The summed E-state index contributed by atoms with van der Waals surface area (Å²) >= 11 is 0. The van der Waals surface area contributed by atoms with Gasteiger partial charge in [-0.25, -0.2) is 0 Å². The van der Waals surface area contributed by atoms with Crippen LogP contribution in [0.2, 0.25) is 0 Å². The summed E-state index contributed by atoms with van der Waals surface area (Å²) in [6.07, 6.45) is -3.58. The highest BCUT2D eigenvalue weighted by molar-refractivity contribution is 5.80. The van der Waals surface area contributed by atoms with Crippen LogP contribution in [0.25, 0.3) is 0 Å². The van der Waals surface area contributed by atoms with Crippen LogP contribution in [-0.2, 0) is 5.41 Å². The van der Waals surface area contributed by atoms with Crippen molar-refractivity contribution in [1.82, 2.24) is 0 Å². The van der Waals surface area contributed by atoms with Gasteiger partial charge in [-0.05, 0) is 30.5 Å². The van der Waals surface area contributed by atoms with Gasteiger partial charge in [0.1, 0.15) is 5.75 Å². The Kier molecular flexibility index (Phi) is 2.64. The van der Waals surface area contributed by atoms with E-state index in [0.29, 0.717) is 12.0 Å². The van der Waals surface area contributed by atoms with Crippen LogP contribution in [-0.4, -0.2) is 19.6 Å². The maximum Gasteiger partial charge on any atom is 0.398 e. The Hall–Kier alpha value is -1.52. The molecule has 5 heteroatoms. The molecule has 0 amide bonds. The van der Waals surface area contributed by atoms with Gasteiger partial charge < -0.3 is 4.74 Å². The number of ether oxygens (including phenoxy) is 1. The Bertz CT molecular complexity index is 448. The maximum atomic E-state index is 12.9. The highest BCUT2D eigenvalue weighted by Gasteiger charge is 2.64. The molecule has 0 aromatic heterocycles. The molecule has 0 N–H and O–H groups in total. The lowest BCUT2D eigenvalue weighted by Crippen LogP contribution is -2.28. The molecule has 2 rings (SSSR count). The molecule has 0 atom stereocenters. The first-order valence-corrected chi connectivity index (χ1v) is 5.15. The molecule has 2 nitrogen and oxygen atoms in total. The van der Waals surface area contributed by atoms with Crippen molar-refractivity contribution in [3.63, 3.8) is 0 Å². The zero-order valence-electron chi connectivity index (χ0n) is 9.17. The lowest BCUT2D eigenvalue weighted by atomic mass is 9.93. The monoisotopic (exact) mass is 244 g/mol. The van der Waals surface area contributed by atoms with E-state index >= 15 is 0 Å². The second-order valence-corrected chi connectivity index (χ2v) is 4.15. The zero-order valence-corrected chi connectivity index (χ0v) is 9.17. The quantitative estimate of drug-likeness (QED) is 0.764. The van der Waals surface area contributed by atoms with E-state index in [9.17, 15) is 18.0 Å². The SMILES string of the molecule is COc1ccc(C2(C(F)(F)F)CC2)cc1C=O. The third-order valence-corrected chi connectivity index (χ3v) is 3.20. The Morgan fingerprint density at radius 2 is 2.00 bits per heavy atom. The fourth-order valence-electron chi connectivity index (χ4n) is 1.98. The van der Waals surface area contributed by atoms with Crippen molar-refractivity contribution in [2.24, 2.45) is 0 Å². The van der Waals surface area contributed by atoms with Crippen molar-refractivity contribution >= 4 is 6.29 Å². The van der Waals surface area contributed by atoms with E-state index in [1.54, 1.807) is 0 Å². The van der Waals surface area contributed by atoms with Gasteiger partial charge in [-0.3, -0.25) is 4.79 Å². The van der Waals surface area contributed by atoms with Gasteiger partial charge in [0.2, 0.25) is 0 Å². The van der Waals surface area contributed by atoms with Crippen molar-refractivity contribution in [2.45, 2.75) is 24.4 Å². The Labute approximate surface area is 96.4 Å². The van der Waals surface area contributed by atoms with E-state index < -0.39 is 11.6 Å². The second kappa shape index (κ2) is 3.75. The molecule has 1 aromatic carbocycles. The summed E-state index contributed by atoms with van der Waals surface area (Å²) in [6, 6.07) is 4.06. The lowest BCUT2D eigenvalue weighted by molar-refractivity contribution is -0.160. The standard InChI is InChI=1S/C12H11F3O2/c1-17-10-3-2-9(6-8(10)7-16)11(4-5-11)12(13,14)15/h2-3,6-7H,4-5H2,1H3. The number of aldehydes is 1. The van der Waals surface area contributed by atoms with E-state index in [0.717, 1.165) is 0 Å². The molecule has 0 saturated heterocycles. The number of rotatable bonds is 3. The van der Waals surface area contributed by atoms with Gasteiger partial charge in [0.05, 0.1) is 18.1 Å². The predicted octanol–water partition coefficient (Wildman–Crippen LogP) is 3.10. The molecular formula is C12H11F3O2. The minimum atomic E-state index is -4.26. The normalized spacial score (nSPS) is 17.6. The Morgan fingerprint density at radius 3 is 2.41 bits per heavy atom. The van der Waals surface area contributed by atoms with E-state index in [4.69, 9.17) is 4.74 Å². The minimum Gasteiger partial charge on any atom is -0.496 e. The molecular weight excluding hydrogens is 233 g/mol. The summed E-state index contributed by atoms with van der Waals surface area (Å²) in [6.45, 7) is 0. The average molecular weight is 244 g/mol. The van der Waals surface area contributed by atoms with Gasteiger partial charge in [-0.15, -0.1) is 0 Å². The Balaban J connectivity index is 2.45. The number of halogens is 3. The molecule has 1 aliphatic rings. The predicted molar refractivity (Wildman–Crippen MR) is 55.3 cm³/mol. The van der Waals surface area contributed by atoms with Crippen molar-refractivity contribution in [3.8, 4) is 5.75 Å². The number of alkyl halides is 3. The fourth-order valence-corrected chi connectivity index (χ4v) is 1.98. The van der Waals surface area contributed by atoms with Crippen LogP contribution in [0.3, 0.4) is 0 Å². The van der Waals surface area contributed by atoms with Gasteiger partial charge in [-0.2, -0.15) is 13.2 Å². The second-order valence-electron chi connectivity index (χ2n) is 4.15. The maximum absolute atomic E-state index is 12.9. The lowest BCUT2D eigenvalue weighted by Gasteiger charge is -2.20. The van der Waals surface area contributed by atoms with Crippen LogP contribution in [0.15, 0.2) is 18.2 Å². The van der Waals surface area contributed by atoms with Crippen LogP contribution >= 0.6 is 0 Å². The molecule has 17 heavy (non-hydrogen) atoms. The van der Waals surface area contributed by atoms with Gasteiger partial charge in [0.25, 0.3) is 0 Å². The molecule has 1 aliphatic carbocycles. The van der Waals surface area contributed by atoms with Gasteiger partial charge >= 0.3 is 6.18 Å². The number of carbonyl (C=O) groups is 1. The zero-order chi connectivity index (χ0) is 12.7. The molecule has 0 unspecified atom stereocenters. The summed E-state index contributed by atoms with van der Waals surface area (Å²) in [5.74, 6) is 0.293. The third-order valence-electron chi connectivity index (χ3n) is 3.20. The minimum absolute atomic E-state index is 0.0845. The van der Waals surface area contributed by atoms with Crippen molar-refractivity contribution in [1.29, 1.82) is 0 Å². The van der Waals surface area contributed by atoms with E-state index in [1.165, 1.54) is 25.3 Å². The smallest absolute Gasteiger partial charge is 0.398 e. The number of carbonyl (C=O) groups excluding carboxylic acids is 1. The number of benzene rings is 1. The molecule has 92 valence electrons. The summed E-state index contributed by atoms with van der Waals surface area (Å²) < 4.78 is 43.5. The fraction of sp³-hybridized carbons (Fsp3) is 0.417. The molecule has 0 spiro atoms. The van der Waals surface area contributed by atoms with Crippen LogP contribution in [0.1, 0.15) is 28.8 Å². The van der Waals surface area contributed by atoms with Gasteiger partial charge in [0, 0.05) is 0 Å². The molecule has 0 bridgehead atoms. The summed E-state index contributed by atoms with van der Waals surface area (Å²) in [7, 11) is 1.37. The average Bonchev–Trinajstić information content (AvgIpc) is 3.08. The van der Waals surface area contributed by atoms with Gasteiger partial charge in [-0.1, -0.05) is 6.07 Å². The molecule has 0 aliphatic heterocycles. The molecule has 0 heterocycles. The number of hydrogen-bond acceptors (Lipinski definition) is 2. The first-order valence-electron chi connectivity index (χ1n) is 5.15. The van der Waals surface area contributed by atoms with Gasteiger partial charge in [0.15, 0.2) is 6.29 Å². The summed E-state index contributed by atoms with van der Waals surface area (Å²) in [4.78, 5) is 10.8. The van der Waals surface area contributed by atoms with Crippen molar-refractivity contribution in [2.75, 3.05) is 7.11 Å². The molecule has 1 saturated carbocycles. The summed E-state index contributed by atoms with van der Waals surface area (Å²) in [5.41, 5.74) is -1.45. The largest absolute Gasteiger partial charge is 0.496 e. The first-order chi connectivity index (χ1) is 7.94. The first kappa shape index (κ1) is 12.0. The Morgan fingerprint density at radius 1 is 1.35 bits per heavy atom. The highest BCUT2D eigenvalue weighted by Crippen LogP contribution is 2.59. The third kappa shape index (κ3) is 1.79. The molecule has 0 radical (unpaired) electrons. The highest BCUT2D eigenvalue weighted by atomic mass is 19.4. The number of methoxy groups -OCH3 is 1.